The van der Waals surface area contributed by atoms with Gasteiger partial charge in [-0.2, -0.15) is 0 Å². The van der Waals surface area contributed by atoms with Crippen molar-refractivity contribution < 1.29 is 0 Å². The minimum Gasteiger partial charge on any atom is -0.103 e. The van der Waals surface area contributed by atoms with Crippen molar-refractivity contribution in [2.45, 2.75) is 79.1 Å². The van der Waals surface area contributed by atoms with Gasteiger partial charge in [-0.25, -0.2) is 0 Å². The van der Waals surface area contributed by atoms with Gasteiger partial charge >= 0.3 is 0 Å². The number of hydrogen-bond acceptors (Lipinski definition) is 0. The van der Waals surface area contributed by atoms with Crippen molar-refractivity contribution in [3.63, 3.8) is 0 Å². The fraction of sp³-hybridized carbons (Fsp3) is 0.700. The number of allylic oxidation sites excluding steroid dienone is 4. The van der Waals surface area contributed by atoms with Crippen LogP contribution in [0.2, 0.25) is 0 Å². The summed E-state index contributed by atoms with van der Waals surface area (Å²) in [6.07, 6.45) is 16.4. The maximum atomic E-state index is 3.90. The Morgan fingerprint density at radius 3 is 2.45 bits per heavy atom. The minimum absolute atomic E-state index is 0.349. The highest BCUT2D eigenvalue weighted by molar-refractivity contribution is 5.06. The van der Waals surface area contributed by atoms with Gasteiger partial charge < -0.3 is 0 Å². The van der Waals surface area contributed by atoms with E-state index in [1.165, 1.54) is 38.5 Å². The van der Waals surface area contributed by atoms with E-state index in [2.05, 4.69) is 53.0 Å². The lowest BCUT2D eigenvalue weighted by Crippen LogP contribution is -2.11. The molecule has 0 saturated carbocycles. The molecule has 0 heteroatoms. The van der Waals surface area contributed by atoms with Crippen LogP contribution in [0, 0.1) is 11.3 Å². The Kier molecular flexibility index (Phi) is 10.5. The molecule has 0 aliphatic heterocycles. The lowest BCUT2D eigenvalue weighted by Gasteiger charge is -2.25. The first-order chi connectivity index (χ1) is 9.45. The maximum absolute atomic E-state index is 3.90. The van der Waals surface area contributed by atoms with Gasteiger partial charge in [0.2, 0.25) is 0 Å². The van der Waals surface area contributed by atoms with E-state index in [-0.39, 0.29) is 0 Å². The number of unbranched alkanes of at least 4 members (excludes halogenated alkanes) is 2. The summed E-state index contributed by atoms with van der Waals surface area (Å²) in [6, 6.07) is 0. The first-order valence-electron chi connectivity index (χ1n) is 8.35. The quantitative estimate of drug-likeness (QED) is 0.264. The van der Waals surface area contributed by atoms with Crippen LogP contribution >= 0.6 is 0 Å². The summed E-state index contributed by atoms with van der Waals surface area (Å²) in [6.45, 7) is 17.1. The molecule has 0 aliphatic carbocycles. The van der Waals surface area contributed by atoms with Gasteiger partial charge in [0.05, 0.1) is 0 Å². The lowest BCUT2D eigenvalue weighted by molar-refractivity contribution is 0.359. The maximum Gasteiger partial charge on any atom is -0.0266 e. The van der Waals surface area contributed by atoms with Crippen molar-refractivity contribution in [1.29, 1.82) is 0 Å². The second kappa shape index (κ2) is 10.9. The van der Waals surface area contributed by atoms with Crippen molar-refractivity contribution in [1.82, 2.24) is 0 Å². The molecule has 0 bridgehead atoms. The third-order valence-corrected chi connectivity index (χ3v) is 3.92. The molecule has 0 saturated heterocycles. The van der Waals surface area contributed by atoms with E-state index in [4.69, 9.17) is 0 Å². The van der Waals surface area contributed by atoms with Crippen LogP contribution in [0.4, 0.5) is 0 Å². The first kappa shape index (κ1) is 19.2. The summed E-state index contributed by atoms with van der Waals surface area (Å²) in [5.41, 5.74) is 2.00. The van der Waals surface area contributed by atoms with Gasteiger partial charge in [-0.1, -0.05) is 64.3 Å². The average molecular weight is 277 g/mol. The zero-order valence-electron chi connectivity index (χ0n) is 14.4. The van der Waals surface area contributed by atoms with Gasteiger partial charge in [-0.05, 0) is 49.9 Å². The zero-order valence-corrected chi connectivity index (χ0v) is 14.4. The van der Waals surface area contributed by atoms with Crippen molar-refractivity contribution >= 4 is 0 Å². The molecule has 1 atom stereocenters. The second-order valence-corrected chi connectivity index (χ2v) is 7.01. The van der Waals surface area contributed by atoms with E-state index in [9.17, 15) is 0 Å². The predicted molar refractivity (Wildman–Crippen MR) is 94.0 cm³/mol. The van der Waals surface area contributed by atoms with E-state index in [0.717, 1.165) is 18.8 Å². The molecule has 20 heavy (non-hydrogen) atoms. The smallest absolute Gasteiger partial charge is 0.0266 e. The lowest BCUT2D eigenvalue weighted by atomic mass is 9.80. The molecule has 0 aromatic rings. The summed E-state index contributed by atoms with van der Waals surface area (Å²) in [4.78, 5) is 0. The number of rotatable bonds is 12. The Morgan fingerprint density at radius 1 is 1.20 bits per heavy atom. The summed E-state index contributed by atoms with van der Waals surface area (Å²) in [5.74, 6) is 0.754. The molecule has 0 fully saturated rings. The Balaban J connectivity index is 4.51. The standard InChI is InChI=1S/C20H36/c1-7-10-11-13-19(15-14-18(4)12-8-2)17-20(5,6)16-9-3/h8-9,13,18H,2-3,7,10-12,14-17H2,1,4-6H3. The molecule has 0 amide bonds. The predicted octanol–water partition coefficient (Wildman–Crippen LogP) is 7.09. The Morgan fingerprint density at radius 2 is 1.90 bits per heavy atom. The number of hydrogen-bond donors (Lipinski definition) is 0. The van der Waals surface area contributed by atoms with Gasteiger partial charge in [-0.3, -0.25) is 0 Å². The average Bonchev–Trinajstić information content (AvgIpc) is 2.36. The van der Waals surface area contributed by atoms with Gasteiger partial charge in [0.1, 0.15) is 0 Å². The van der Waals surface area contributed by atoms with Crippen molar-refractivity contribution in [2.75, 3.05) is 0 Å². The van der Waals surface area contributed by atoms with E-state index >= 15 is 0 Å². The summed E-state index contributed by atoms with van der Waals surface area (Å²) in [7, 11) is 0. The topological polar surface area (TPSA) is 0 Å². The third kappa shape index (κ3) is 10.1. The van der Waals surface area contributed by atoms with Crippen molar-refractivity contribution in [2.24, 2.45) is 11.3 Å². The second-order valence-electron chi connectivity index (χ2n) is 7.01. The summed E-state index contributed by atoms with van der Waals surface area (Å²) >= 11 is 0. The molecular formula is C20H36. The van der Waals surface area contributed by atoms with Crippen LogP contribution in [0.1, 0.15) is 79.1 Å². The molecule has 0 spiro atoms. The van der Waals surface area contributed by atoms with Crippen molar-refractivity contribution in [3.8, 4) is 0 Å². The molecule has 0 radical (unpaired) electrons. The fourth-order valence-corrected chi connectivity index (χ4v) is 2.68. The summed E-state index contributed by atoms with van der Waals surface area (Å²) < 4.78 is 0. The van der Waals surface area contributed by atoms with E-state index in [1.807, 2.05) is 6.08 Å². The van der Waals surface area contributed by atoms with Crippen LogP contribution in [-0.2, 0) is 0 Å². The molecular weight excluding hydrogens is 240 g/mol. The van der Waals surface area contributed by atoms with E-state index in [0.29, 0.717) is 5.41 Å². The van der Waals surface area contributed by atoms with Crippen LogP contribution in [0.25, 0.3) is 0 Å². The van der Waals surface area contributed by atoms with Gasteiger partial charge in [0.15, 0.2) is 0 Å². The van der Waals surface area contributed by atoms with Crippen LogP contribution in [0.15, 0.2) is 37.0 Å². The van der Waals surface area contributed by atoms with Crippen LogP contribution < -0.4 is 0 Å². The molecule has 0 rings (SSSR count). The Labute approximate surface area is 128 Å². The Bertz CT molecular complexity index is 293. The Hall–Kier alpha value is -0.780. The fourth-order valence-electron chi connectivity index (χ4n) is 2.68. The van der Waals surface area contributed by atoms with Crippen LogP contribution in [0.3, 0.4) is 0 Å². The van der Waals surface area contributed by atoms with Gasteiger partial charge in [-0.15, -0.1) is 13.2 Å². The molecule has 0 heterocycles. The third-order valence-electron chi connectivity index (χ3n) is 3.92. The van der Waals surface area contributed by atoms with Crippen molar-refractivity contribution in [3.05, 3.63) is 37.0 Å². The highest BCUT2D eigenvalue weighted by Gasteiger charge is 2.18. The highest BCUT2D eigenvalue weighted by Crippen LogP contribution is 2.32. The monoisotopic (exact) mass is 276 g/mol. The molecule has 0 aliphatic rings. The minimum atomic E-state index is 0.349. The summed E-state index contributed by atoms with van der Waals surface area (Å²) in [5, 5.41) is 0. The van der Waals surface area contributed by atoms with E-state index in [1.54, 1.807) is 5.57 Å². The van der Waals surface area contributed by atoms with Crippen LogP contribution in [-0.4, -0.2) is 0 Å². The van der Waals surface area contributed by atoms with E-state index < -0.39 is 0 Å². The molecule has 1 unspecified atom stereocenters. The highest BCUT2D eigenvalue weighted by atomic mass is 14.2. The molecule has 0 aromatic carbocycles. The molecule has 0 nitrogen and oxygen atoms in total. The van der Waals surface area contributed by atoms with Gasteiger partial charge in [0.25, 0.3) is 0 Å². The first-order valence-corrected chi connectivity index (χ1v) is 8.35. The molecule has 0 N–H and O–H groups in total. The largest absolute Gasteiger partial charge is 0.103 e. The SMILES string of the molecule is C=CCC(C)CCC(=CCCCC)CC(C)(C)CC=C. The van der Waals surface area contributed by atoms with Crippen LogP contribution in [0.5, 0.6) is 0 Å². The van der Waals surface area contributed by atoms with Gasteiger partial charge in [0, 0.05) is 0 Å². The molecule has 116 valence electrons. The normalized spacial score (nSPS) is 14.1. The zero-order chi connectivity index (χ0) is 15.4. The molecule has 0 aromatic heterocycles.